The van der Waals surface area contributed by atoms with E-state index in [1.807, 2.05) is 24.3 Å². The van der Waals surface area contributed by atoms with Gasteiger partial charge in [-0.25, -0.2) is 0 Å². The molecule has 1 atom stereocenters. The molecule has 0 radical (unpaired) electrons. The fourth-order valence-electron chi connectivity index (χ4n) is 2.66. The third kappa shape index (κ3) is 5.11. The zero-order valence-electron chi connectivity index (χ0n) is 15.4. The van der Waals surface area contributed by atoms with Crippen LogP contribution in [-0.2, 0) is 15.8 Å². The van der Waals surface area contributed by atoms with Crippen molar-refractivity contribution < 1.29 is 22.8 Å². The Bertz CT molecular complexity index is 1040. The summed E-state index contributed by atoms with van der Waals surface area (Å²) in [5.41, 5.74) is -0.103. The minimum atomic E-state index is -4.53. The Morgan fingerprint density at radius 2 is 1.90 bits per heavy atom. The van der Waals surface area contributed by atoms with E-state index in [0.717, 1.165) is 38.8 Å². The summed E-state index contributed by atoms with van der Waals surface area (Å²) in [5, 5.41) is 2.42. The number of amides is 2. The minimum absolute atomic E-state index is 0.0162. The molecule has 2 amide bonds. The highest BCUT2D eigenvalue weighted by Gasteiger charge is 2.38. The first kappa shape index (κ1) is 22.5. The Morgan fingerprint density at radius 3 is 2.53 bits per heavy atom. The van der Waals surface area contributed by atoms with Gasteiger partial charge in [0, 0.05) is 10.2 Å². The lowest BCUT2D eigenvalue weighted by molar-refractivity contribution is -0.137. The van der Waals surface area contributed by atoms with Crippen LogP contribution >= 0.6 is 39.9 Å². The van der Waals surface area contributed by atoms with E-state index in [0.29, 0.717) is 4.91 Å². The Morgan fingerprint density at radius 1 is 1.23 bits per heavy atom. The molecule has 156 valence electrons. The van der Waals surface area contributed by atoms with Crippen LogP contribution < -0.4 is 5.32 Å². The Hall–Kier alpha value is -2.17. The highest BCUT2D eigenvalue weighted by atomic mass is 79.9. The lowest BCUT2D eigenvalue weighted by atomic mass is 10.1. The monoisotopic (exact) mass is 514 g/mol. The highest BCUT2D eigenvalue weighted by molar-refractivity contribution is 9.10. The molecule has 1 fully saturated rings. The minimum Gasteiger partial charge on any atom is -0.324 e. The third-order valence-corrected chi connectivity index (χ3v) is 6.07. The zero-order valence-corrected chi connectivity index (χ0v) is 18.6. The van der Waals surface area contributed by atoms with E-state index in [-0.39, 0.29) is 10.0 Å². The van der Waals surface area contributed by atoms with Crippen molar-refractivity contribution in [3.05, 3.63) is 69.0 Å². The normalized spacial score (nSPS) is 16.8. The number of thioether (sulfide) groups is 1. The number of hydrogen-bond acceptors (Lipinski definition) is 4. The SMILES string of the molecule is CC(C(=O)Nc1cccc(C(F)(F)F)c1)N1C(=O)/C(=C/c2ccc(Br)cc2)SC1=S. The number of hydrogen-bond donors (Lipinski definition) is 1. The number of alkyl halides is 3. The lowest BCUT2D eigenvalue weighted by Gasteiger charge is -2.22. The van der Waals surface area contributed by atoms with Crippen LogP contribution in [0.4, 0.5) is 18.9 Å². The topological polar surface area (TPSA) is 49.4 Å². The number of carbonyl (C=O) groups excluding carboxylic acids is 2. The molecular weight excluding hydrogens is 501 g/mol. The molecule has 2 aromatic rings. The molecule has 0 saturated carbocycles. The molecule has 1 unspecified atom stereocenters. The van der Waals surface area contributed by atoms with Crippen LogP contribution in [0.5, 0.6) is 0 Å². The van der Waals surface area contributed by atoms with Crippen molar-refractivity contribution in [3.8, 4) is 0 Å². The van der Waals surface area contributed by atoms with E-state index < -0.39 is 29.6 Å². The fourth-order valence-corrected chi connectivity index (χ4v) is 4.34. The number of thiocarbonyl (C=S) groups is 1. The van der Waals surface area contributed by atoms with Crippen molar-refractivity contribution in [3.63, 3.8) is 0 Å². The maximum atomic E-state index is 12.9. The summed E-state index contributed by atoms with van der Waals surface area (Å²) in [6.45, 7) is 1.47. The van der Waals surface area contributed by atoms with Gasteiger partial charge in [-0.15, -0.1) is 0 Å². The highest BCUT2D eigenvalue weighted by Crippen LogP contribution is 2.35. The summed E-state index contributed by atoms with van der Waals surface area (Å²) < 4.78 is 39.7. The molecule has 0 spiro atoms. The van der Waals surface area contributed by atoms with Crippen LogP contribution in [0.1, 0.15) is 18.1 Å². The van der Waals surface area contributed by atoms with Gasteiger partial charge in [-0.05, 0) is 48.9 Å². The average Bonchev–Trinajstić information content (AvgIpc) is 2.95. The van der Waals surface area contributed by atoms with Crippen LogP contribution in [0.25, 0.3) is 6.08 Å². The number of nitrogens with zero attached hydrogens (tertiary/aromatic N) is 1. The van der Waals surface area contributed by atoms with Crippen molar-refractivity contribution >= 4 is 67.8 Å². The molecule has 1 saturated heterocycles. The van der Waals surface area contributed by atoms with Crippen LogP contribution in [0.2, 0.25) is 0 Å². The molecule has 0 aliphatic carbocycles. The van der Waals surface area contributed by atoms with Crippen molar-refractivity contribution in [2.45, 2.75) is 19.1 Å². The third-order valence-electron chi connectivity index (χ3n) is 4.22. The Kier molecular flexibility index (Phi) is 6.68. The predicted octanol–water partition coefficient (Wildman–Crippen LogP) is 5.70. The molecule has 0 bridgehead atoms. The second-order valence-electron chi connectivity index (χ2n) is 6.35. The molecule has 0 aromatic heterocycles. The van der Waals surface area contributed by atoms with E-state index in [1.54, 1.807) is 6.08 Å². The summed E-state index contributed by atoms with van der Waals surface area (Å²) in [7, 11) is 0. The van der Waals surface area contributed by atoms with Gasteiger partial charge in [0.2, 0.25) is 5.91 Å². The largest absolute Gasteiger partial charge is 0.416 e. The summed E-state index contributed by atoms with van der Waals surface area (Å²) in [5.74, 6) is -1.07. The lowest BCUT2D eigenvalue weighted by Crippen LogP contribution is -2.44. The van der Waals surface area contributed by atoms with Crippen LogP contribution in [0.15, 0.2) is 57.9 Å². The van der Waals surface area contributed by atoms with E-state index >= 15 is 0 Å². The zero-order chi connectivity index (χ0) is 22.1. The van der Waals surface area contributed by atoms with Gasteiger partial charge >= 0.3 is 6.18 Å². The molecule has 10 heteroatoms. The van der Waals surface area contributed by atoms with Gasteiger partial charge in [-0.1, -0.05) is 58.1 Å². The summed E-state index contributed by atoms with van der Waals surface area (Å²) in [4.78, 5) is 26.9. The number of benzene rings is 2. The number of halogens is 4. The molecule has 1 aliphatic heterocycles. The first-order valence-electron chi connectivity index (χ1n) is 8.57. The maximum absolute atomic E-state index is 12.9. The average molecular weight is 515 g/mol. The van der Waals surface area contributed by atoms with Gasteiger partial charge in [0.05, 0.1) is 10.5 Å². The van der Waals surface area contributed by atoms with Gasteiger partial charge in [0.15, 0.2) is 0 Å². The van der Waals surface area contributed by atoms with E-state index in [1.165, 1.54) is 19.1 Å². The van der Waals surface area contributed by atoms with Gasteiger partial charge < -0.3 is 5.32 Å². The molecule has 1 N–H and O–H groups in total. The Balaban J connectivity index is 1.75. The molecule has 30 heavy (non-hydrogen) atoms. The number of anilines is 1. The molecule has 1 heterocycles. The first-order chi connectivity index (χ1) is 14.1. The molecule has 3 rings (SSSR count). The quantitative estimate of drug-likeness (QED) is 0.420. The second-order valence-corrected chi connectivity index (χ2v) is 8.94. The fraction of sp³-hybridized carbons (Fsp3) is 0.150. The number of carbonyl (C=O) groups is 2. The van der Waals surface area contributed by atoms with Gasteiger partial charge in [-0.2, -0.15) is 13.2 Å². The standard InChI is InChI=1S/C20H14BrF3N2O2S2/c1-11(17(27)25-15-4-2-3-13(10-15)20(22,23)24)26-18(28)16(30-19(26)29)9-12-5-7-14(21)8-6-12/h2-11H,1H3,(H,25,27)/b16-9-. The second kappa shape index (κ2) is 8.91. The first-order valence-corrected chi connectivity index (χ1v) is 10.6. The number of rotatable bonds is 4. The summed E-state index contributed by atoms with van der Waals surface area (Å²) in [6, 6.07) is 10.6. The van der Waals surface area contributed by atoms with Gasteiger partial charge in [-0.3, -0.25) is 14.5 Å². The van der Waals surface area contributed by atoms with Crippen molar-refractivity contribution in [2.75, 3.05) is 5.32 Å². The molecule has 2 aromatic carbocycles. The van der Waals surface area contributed by atoms with Crippen LogP contribution in [-0.4, -0.2) is 27.1 Å². The van der Waals surface area contributed by atoms with Crippen LogP contribution in [0, 0.1) is 0 Å². The molecule has 4 nitrogen and oxygen atoms in total. The Labute approximate surface area is 188 Å². The number of nitrogens with one attached hydrogen (secondary N) is 1. The summed E-state index contributed by atoms with van der Waals surface area (Å²) >= 11 is 9.66. The molecular formula is C20H14BrF3N2O2S2. The summed E-state index contributed by atoms with van der Waals surface area (Å²) in [6.07, 6.45) is -2.86. The predicted molar refractivity (Wildman–Crippen MR) is 119 cm³/mol. The van der Waals surface area contributed by atoms with Gasteiger partial charge in [0.25, 0.3) is 5.91 Å². The van der Waals surface area contributed by atoms with Gasteiger partial charge in [0.1, 0.15) is 10.4 Å². The van der Waals surface area contributed by atoms with Crippen molar-refractivity contribution in [1.82, 2.24) is 4.90 Å². The molecule has 1 aliphatic rings. The van der Waals surface area contributed by atoms with Crippen molar-refractivity contribution in [2.24, 2.45) is 0 Å². The van der Waals surface area contributed by atoms with E-state index in [4.69, 9.17) is 12.2 Å². The maximum Gasteiger partial charge on any atom is 0.416 e. The van der Waals surface area contributed by atoms with Crippen molar-refractivity contribution in [1.29, 1.82) is 0 Å². The van der Waals surface area contributed by atoms with E-state index in [9.17, 15) is 22.8 Å². The van der Waals surface area contributed by atoms with E-state index in [2.05, 4.69) is 21.2 Å². The smallest absolute Gasteiger partial charge is 0.324 e. The van der Waals surface area contributed by atoms with Crippen LogP contribution in [0.3, 0.4) is 0 Å².